The van der Waals surface area contributed by atoms with Gasteiger partial charge in [-0.15, -0.1) is 0 Å². The van der Waals surface area contributed by atoms with Crippen LogP contribution in [-0.4, -0.2) is 11.2 Å². The zero-order valence-corrected chi connectivity index (χ0v) is 11.9. The van der Waals surface area contributed by atoms with E-state index in [2.05, 4.69) is 28.5 Å². The summed E-state index contributed by atoms with van der Waals surface area (Å²) in [5, 5.41) is 13.5. The lowest BCUT2D eigenvalue weighted by Gasteiger charge is -2.11. The molecular weight excluding hydrogens is 270 g/mol. The summed E-state index contributed by atoms with van der Waals surface area (Å²) in [5.74, 6) is 0. The second-order valence-electron chi connectivity index (χ2n) is 5.26. The summed E-state index contributed by atoms with van der Waals surface area (Å²) in [6, 6.07) is 22.4. The van der Waals surface area contributed by atoms with Crippen LogP contribution in [0, 0.1) is 5.41 Å². The number of H-pyrrole nitrogens is 1. The Balaban J connectivity index is 1.99. The van der Waals surface area contributed by atoms with E-state index in [1.807, 2.05) is 48.5 Å². The van der Waals surface area contributed by atoms with E-state index in [0.717, 1.165) is 28.0 Å². The van der Waals surface area contributed by atoms with Crippen LogP contribution in [0.4, 0.5) is 11.4 Å². The van der Waals surface area contributed by atoms with Crippen molar-refractivity contribution in [2.45, 2.75) is 0 Å². The highest BCUT2D eigenvalue weighted by atomic mass is 14.9. The van der Waals surface area contributed by atoms with Gasteiger partial charge < -0.3 is 15.7 Å². The molecule has 1 heterocycles. The Morgan fingerprint density at radius 1 is 0.818 bits per heavy atom. The van der Waals surface area contributed by atoms with Gasteiger partial charge in [0.15, 0.2) is 0 Å². The predicted octanol–water partition coefficient (Wildman–Crippen LogP) is 5.06. The summed E-state index contributed by atoms with van der Waals surface area (Å²) in [6.07, 6.45) is 1.39. The van der Waals surface area contributed by atoms with Crippen LogP contribution in [0.3, 0.4) is 0 Å². The molecule has 0 unspecified atom stereocenters. The molecule has 3 heteroatoms. The molecule has 0 aliphatic heterocycles. The number of aromatic amines is 1. The first-order chi connectivity index (χ1) is 10.9. The number of hydrogen-bond acceptors (Lipinski definition) is 2. The second-order valence-corrected chi connectivity index (χ2v) is 5.26. The highest BCUT2D eigenvalue weighted by molar-refractivity contribution is 6.14. The molecule has 0 saturated heterocycles. The molecule has 22 heavy (non-hydrogen) atoms. The van der Waals surface area contributed by atoms with Crippen LogP contribution in [0.1, 0.15) is 5.56 Å². The third kappa shape index (κ3) is 1.95. The van der Waals surface area contributed by atoms with Crippen LogP contribution in [-0.2, 0) is 0 Å². The summed E-state index contributed by atoms with van der Waals surface area (Å²) in [5.41, 5.74) is 4.95. The molecule has 0 saturated carbocycles. The molecule has 0 aliphatic carbocycles. The van der Waals surface area contributed by atoms with Gasteiger partial charge in [0.05, 0.1) is 11.2 Å². The zero-order valence-electron chi connectivity index (χ0n) is 11.9. The third-order valence-electron chi connectivity index (χ3n) is 3.91. The van der Waals surface area contributed by atoms with E-state index in [-0.39, 0.29) is 0 Å². The van der Waals surface area contributed by atoms with Crippen molar-refractivity contribution in [2.24, 2.45) is 0 Å². The highest BCUT2D eigenvalue weighted by Gasteiger charge is 2.11. The molecule has 3 aromatic carbocycles. The van der Waals surface area contributed by atoms with E-state index < -0.39 is 0 Å². The second kappa shape index (κ2) is 5.04. The lowest BCUT2D eigenvalue weighted by molar-refractivity contribution is 1.49. The van der Waals surface area contributed by atoms with Crippen molar-refractivity contribution in [3.63, 3.8) is 0 Å². The van der Waals surface area contributed by atoms with E-state index in [1.165, 1.54) is 17.0 Å². The Kier molecular flexibility index (Phi) is 2.90. The SMILES string of the molecule is N=Cc1ccc2c([nH]c3ccccc32)c1Nc1ccccc1. The van der Waals surface area contributed by atoms with Crippen LogP contribution < -0.4 is 5.32 Å². The van der Waals surface area contributed by atoms with Crippen LogP contribution in [0.2, 0.25) is 0 Å². The average Bonchev–Trinajstić information content (AvgIpc) is 2.95. The van der Waals surface area contributed by atoms with Crippen LogP contribution in [0.25, 0.3) is 21.8 Å². The molecule has 1 aromatic heterocycles. The third-order valence-corrected chi connectivity index (χ3v) is 3.91. The minimum atomic E-state index is 0.864. The summed E-state index contributed by atoms with van der Waals surface area (Å²) >= 11 is 0. The van der Waals surface area contributed by atoms with E-state index in [1.54, 1.807) is 0 Å². The van der Waals surface area contributed by atoms with E-state index in [4.69, 9.17) is 5.41 Å². The Bertz CT molecular complexity index is 968. The molecule has 0 aliphatic rings. The first-order valence-corrected chi connectivity index (χ1v) is 7.23. The molecule has 0 spiro atoms. The van der Waals surface area contributed by atoms with Gasteiger partial charge in [0.2, 0.25) is 0 Å². The molecule has 4 aromatic rings. The number of benzene rings is 3. The number of rotatable bonds is 3. The molecule has 3 N–H and O–H groups in total. The Morgan fingerprint density at radius 2 is 1.59 bits per heavy atom. The van der Waals surface area contributed by atoms with Crippen molar-refractivity contribution in [2.75, 3.05) is 5.32 Å². The number of nitrogens with one attached hydrogen (secondary N) is 3. The van der Waals surface area contributed by atoms with Crippen molar-refractivity contribution in [1.82, 2.24) is 4.98 Å². The smallest absolute Gasteiger partial charge is 0.0718 e. The van der Waals surface area contributed by atoms with Gasteiger partial charge in [0, 0.05) is 33.8 Å². The van der Waals surface area contributed by atoms with Crippen molar-refractivity contribution >= 4 is 39.4 Å². The number of aromatic nitrogens is 1. The topological polar surface area (TPSA) is 51.7 Å². The lowest BCUT2D eigenvalue weighted by Crippen LogP contribution is -1.96. The number of hydrogen-bond donors (Lipinski definition) is 3. The van der Waals surface area contributed by atoms with Gasteiger partial charge in [-0.25, -0.2) is 0 Å². The van der Waals surface area contributed by atoms with Crippen LogP contribution in [0.5, 0.6) is 0 Å². The van der Waals surface area contributed by atoms with Crippen molar-refractivity contribution < 1.29 is 0 Å². The quantitative estimate of drug-likeness (QED) is 0.453. The maximum atomic E-state index is 7.68. The first kappa shape index (κ1) is 12.7. The number of fused-ring (bicyclic) bond motifs is 3. The van der Waals surface area contributed by atoms with Crippen LogP contribution in [0.15, 0.2) is 66.7 Å². The molecule has 3 nitrogen and oxygen atoms in total. The zero-order chi connectivity index (χ0) is 14.9. The molecule has 0 atom stereocenters. The van der Waals surface area contributed by atoms with Gasteiger partial charge in [-0.3, -0.25) is 0 Å². The molecule has 0 fully saturated rings. The summed E-state index contributed by atoms with van der Waals surface area (Å²) in [6.45, 7) is 0. The fourth-order valence-corrected chi connectivity index (χ4v) is 2.86. The lowest BCUT2D eigenvalue weighted by atomic mass is 10.1. The van der Waals surface area contributed by atoms with Gasteiger partial charge >= 0.3 is 0 Å². The maximum Gasteiger partial charge on any atom is 0.0718 e. The molecule has 4 rings (SSSR count). The van der Waals surface area contributed by atoms with E-state index in [0.29, 0.717) is 0 Å². The molecule has 106 valence electrons. The van der Waals surface area contributed by atoms with Gasteiger partial charge in [0.1, 0.15) is 0 Å². The summed E-state index contributed by atoms with van der Waals surface area (Å²) in [4.78, 5) is 3.48. The van der Waals surface area contributed by atoms with Gasteiger partial charge in [-0.2, -0.15) is 0 Å². The minimum absolute atomic E-state index is 0.864. The Labute approximate surface area is 128 Å². The van der Waals surface area contributed by atoms with Crippen molar-refractivity contribution in [1.29, 1.82) is 5.41 Å². The van der Waals surface area contributed by atoms with E-state index in [9.17, 15) is 0 Å². The molecule has 0 amide bonds. The molecule has 0 bridgehead atoms. The standard InChI is InChI=1S/C19H15N3/c20-12-13-10-11-16-15-8-4-5-9-17(15)22-19(16)18(13)21-14-6-2-1-3-7-14/h1-12,20-22H. The Hall–Kier alpha value is -3.07. The van der Waals surface area contributed by atoms with Gasteiger partial charge in [-0.1, -0.05) is 48.5 Å². The largest absolute Gasteiger partial charge is 0.353 e. The fraction of sp³-hybridized carbons (Fsp3) is 0. The van der Waals surface area contributed by atoms with Gasteiger partial charge in [0.25, 0.3) is 0 Å². The van der Waals surface area contributed by atoms with Gasteiger partial charge in [-0.05, 0) is 18.2 Å². The molecule has 0 radical (unpaired) electrons. The van der Waals surface area contributed by atoms with Crippen LogP contribution >= 0.6 is 0 Å². The number of anilines is 2. The van der Waals surface area contributed by atoms with Crippen molar-refractivity contribution in [3.8, 4) is 0 Å². The minimum Gasteiger partial charge on any atom is -0.353 e. The first-order valence-electron chi connectivity index (χ1n) is 7.23. The normalized spacial score (nSPS) is 10.9. The highest BCUT2D eigenvalue weighted by Crippen LogP contribution is 2.33. The number of para-hydroxylation sites is 2. The monoisotopic (exact) mass is 285 g/mol. The summed E-state index contributed by atoms with van der Waals surface area (Å²) < 4.78 is 0. The summed E-state index contributed by atoms with van der Waals surface area (Å²) in [7, 11) is 0. The van der Waals surface area contributed by atoms with Crippen molar-refractivity contribution in [3.05, 3.63) is 72.3 Å². The predicted molar refractivity (Wildman–Crippen MR) is 93.4 cm³/mol. The molecular formula is C19H15N3. The maximum absolute atomic E-state index is 7.68. The Morgan fingerprint density at radius 3 is 2.41 bits per heavy atom. The fourth-order valence-electron chi connectivity index (χ4n) is 2.86. The van der Waals surface area contributed by atoms with E-state index >= 15 is 0 Å². The average molecular weight is 285 g/mol.